The summed E-state index contributed by atoms with van der Waals surface area (Å²) in [5, 5.41) is 5.51. The van der Waals surface area contributed by atoms with Gasteiger partial charge in [0.25, 0.3) is 5.91 Å². The first kappa shape index (κ1) is 24.2. The first-order valence-corrected chi connectivity index (χ1v) is 10.1. The lowest BCUT2D eigenvalue weighted by atomic mass is 9.99. The summed E-state index contributed by atoms with van der Waals surface area (Å²) in [6, 6.07) is 11.0. The third-order valence-corrected chi connectivity index (χ3v) is 4.55. The van der Waals surface area contributed by atoms with Crippen molar-refractivity contribution < 1.29 is 23.9 Å². The van der Waals surface area contributed by atoms with Gasteiger partial charge >= 0.3 is 6.09 Å². The zero-order valence-corrected chi connectivity index (χ0v) is 19.0. The van der Waals surface area contributed by atoms with E-state index in [9.17, 15) is 14.4 Å². The molecule has 8 heteroatoms. The molecule has 0 saturated carbocycles. The van der Waals surface area contributed by atoms with Gasteiger partial charge in [0.1, 0.15) is 11.4 Å². The fourth-order valence-electron chi connectivity index (χ4n) is 2.77. The summed E-state index contributed by atoms with van der Waals surface area (Å²) in [4.78, 5) is 37.5. The molecule has 0 aliphatic carbocycles. The molecule has 0 aromatic heterocycles. The van der Waals surface area contributed by atoms with Crippen LogP contribution in [0.4, 0.5) is 10.5 Å². The SMILES string of the molecule is COc1cccc(NC(=O)c2c(Cl)cccc2CC(=O)[C@H](C)NC(=O)OC(C)(C)C)c1. The van der Waals surface area contributed by atoms with Gasteiger partial charge in [-0.1, -0.05) is 29.8 Å². The van der Waals surface area contributed by atoms with Gasteiger partial charge < -0.3 is 20.1 Å². The lowest BCUT2D eigenvalue weighted by Crippen LogP contribution is -2.42. The second kappa shape index (κ2) is 10.3. The van der Waals surface area contributed by atoms with Crippen LogP contribution >= 0.6 is 11.6 Å². The number of anilines is 1. The topological polar surface area (TPSA) is 93.7 Å². The van der Waals surface area contributed by atoms with Crippen molar-refractivity contribution in [3.63, 3.8) is 0 Å². The van der Waals surface area contributed by atoms with Crippen LogP contribution in [0.5, 0.6) is 5.75 Å². The molecule has 2 amide bonds. The Labute approximate surface area is 187 Å². The van der Waals surface area contributed by atoms with E-state index in [0.717, 1.165) is 0 Å². The van der Waals surface area contributed by atoms with E-state index in [2.05, 4.69) is 10.6 Å². The number of methoxy groups -OCH3 is 1. The van der Waals surface area contributed by atoms with Crippen molar-refractivity contribution in [3.8, 4) is 5.75 Å². The van der Waals surface area contributed by atoms with Crippen molar-refractivity contribution >= 4 is 35.1 Å². The number of alkyl carbamates (subject to hydrolysis) is 1. The lowest BCUT2D eigenvalue weighted by Gasteiger charge is -2.21. The third-order valence-electron chi connectivity index (χ3n) is 4.24. The fourth-order valence-corrected chi connectivity index (χ4v) is 3.05. The average molecular weight is 447 g/mol. The molecule has 0 unspecified atom stereocenters. The van der Waals surface area contributed by atoms with Crippen LogP contribution in [0.25, 0.3) is 0 Å². The normalized spacial score (nSPS) is 11.9. The number of Topliss-reactive ketones (excluding diaryl/α,β-unsaturated/α-hetero) is 1. The molecule has 0 spiro atoms. The minimum atomic E-state index is -0.803. The number of carbonyl (C=O) groups is 3. The molecule has 0 aliphatic rings. The van der Waals surface area contributed by atoms with Gasteiger partial charge in [0.2, 0.25) is 0 Å². The van der Waals surface area contributed by atoms with Gasteiger partial charge in [-0.3, -0.25) is 9.59 Å². The molecule has 31 heavy (non-hydrogen) atoms. The van der Waals surface area contributed by atoms with Crippen LogP contribution in [0.2, 0.25) is 5.02 Å². The molecule has 1 atom stereocenters. The molecule has 0 radical (unpaired) electrons. The minimum Gasteiger partial charge on any atom is -0.497 e. The highest BCUT2D eigenvalue weighted by molar-refractivity contribution is 6.34. The lowest BCUT2D eigenvalue weighted by molar-refractivity contribution is -0.120. The number of rotatable bonds is 7. The van der Waals surface area contributed by atoms with Gasteiger partial charge in [0.05, 0.1) is 23.7 Å². The Bertz CT molecular complexity index is 969. The second-order valence-electron chi connectivity index (χ2n) is 7.97. The Morgan fingerprint density at radius 3 is 2.42 bits per heavy atom. The highest BCUT2D eigenvalue weighted by Crippen LogP contribution is 2.24. The number of carbonyl (C=O) groups excluding carboxylic acids is 3. The number of ketones is 1. The van der Waals surface area contributed by atoms with Crippen molar-refractivity contribution in [1.29, 1.82) is 0 Å². The minimum absolute atomic E-state index is 0.0849. The molecule has 0 aliphatic heterocycles. The van der Waals surface area contributed by atoms with E-state index in [0.29, 0.717) is 17.0 Å². The summed E-state index contributed by atoms with van der Waals surface area (Å²) >= 11 is 6.28. The van der Waals surface area contributed by atoms with Crippen molar-refractivity contribution in [2.45, 2.75) is 45.8 Å². The van der Waals surface area contributed by atoms with E-state index < -0.39 is 23.6 Å². The molecule has 0 bridgehead atoms. The van der Waals surface area contributed by atoms with Gasteiger partial charge in [0.15, 0.2) is 5.78 Å². The number of hydrogen-bond acceptors (Lipinski definition) is 5. The summed E-state index contributed by atoms with van der Waals surface area (Å²) in [6.07, 6.45) is -0.770. The summed E-state index contributed by atoms with van der Waals surface area (Å²) in [5.74, 6) is -0.146. The summed E-state index contributed by atoms with van der Waals surface area (Å²) in [7, 11) is 1.53. The number of hydrogen-bond donors (Lipinski definition) is 2. The first-order chi connectivity index (χ1) is 14.5. The average Bonchev–Trinajstić information content (AvgIpc) is 2.66. The quantitative estimate of drug-likeness (QED) is 0.646. The van der Waals surface area contributed by atoms with E-state index in [4.69, 9.17) is 21.1 Å². The fraction of sp³-hybridized carbons (Fsp3) is 0.348. The smallest absolute Gasteiger partial charge is 0.408 e. The molecule has 2 aromatic carbocycles. The van der Waals surface area contributed by atoms with E-state index in [1.807, 2.05) is 0 Å². The summed E-state index contributed by atoms with van der Waals surface area (Å²) in [6.45, 7) is 6.77. The van der Waals surface area contributed by atoms with Crippen LogP contribution in [0.3, 0.4) is 0 Å². The largest absolute Gasteiger partial charge is 0.497 e. The molecular weight excluding hydrogens is 420 g/mol. The van der Waals surface area contributed by atoms with Crippen LogP contribution in [0, 0.1) is 0 Å². The molecule has 2 N–H and O–H groups in total. The van der Waals surface area contributed by atoms with Crippen LogP contribution in [0.1, 0.15) is 43.6 Å². The van der Waals surface area contributed by atoms with Gasteiger partial charge in [-0.05, 0) is 51.5 Å². The summed E-state index contributed by atoms with van der Waals surface area (Å²) in [5.41, 5.74) is 0.507. The Morgan fingerprint density at radius 1 is 1.10 bits per heavy atom. The number of nitrogens with one attached hydrogen (secondary N) is 2. The number of benzene rings is 2. The van der Waals surface area contributed by atoms with Crippen LogP contribution in [-0.4, -0.2) is 36.5 Å². The van der Waals surface area contributed by atoms with Gasteiger partial charge in [-0.25, -0.2) is 4.79 Å². The molecule has 0 saturated heterocycles. The maximum Gasteiger partial charge on any atom is 0.408 e. The Hall–Kier alpha value is -3.06. The number of ether oxygens (including phenoxy) is 2. The Morgan fingerprint density at radius 2 is 1.77 bits per heavy atom. The van der Waals surface area contributed by atoms with Gasteiger partial charge in [-0.2, -0.15) is 0 Å². The molecule has 0 fully saturated rings. The molecule has 2 aromatic rings. The molecule has 7 nitrogen and oxygen atoms in total. The number of amides is 2. The van der Waals surface area contributed by atoms with Crippen LogP contribution in [0.15, 0.2) is 42.5 Å². The van der Waals surface area contributed by atoms with Crippen molar-refractivity contribution in [2.24, 2.45) is 0 Å². The van der Waals surface area contributed by atoms with Gasteiger partial charge in [0, 0.05) is 18.2 Å². The summed E-state index contributed by atoms with van der Waals surface area (Å²) < 4.78 is 10.3. The monoisotopic (exact) mass is 446 g/mol. The second-order valence-corrected chi connectivity index (χ2v) is 8.38. The predicted octanol–water partition coefficient (Wildman–Crippen LogP) is 4.63. The van der Waals surface area contributed by atoms with Crippen LogP contribution < -0.4 is 15.4 Å². The van der Waals surface area contributed by atoms with E-state index in [1.54, 1.807) is 70.2 Å². The van der Waals surface area contributed by atoms with E-state index in [1.165, 1.54) is 7.11 Å². The van der Waals surface area contributed by atoms with E-state index in [-0.39, 0.29) is 22.8 Å². The zero-order valence-electron chi connectivity index (χ0n) is 18.2. The van der Waals surface area contributed by atoms with E-state index >= 15 is 0 Å². The zero-order chi connectivity index (χ0) is 23.2. The predicted molar refractivity (Wildman–Crippen MR) is 120 cm³/mol. The molecule has 2 rings (SSSR count). The van der Waals surface area contributed by atoms with Gasteiger partial charge in [-0.15, -0.1) is 0 Å². The first-order valence-electron chi connectivity index (χ1n) is 9.75. The highest BCUT2D eigenvalue weighted by Gasteiger charge is 2.23. The van der Waals surface area contributed by atoms with Crippen molar-refractivity contribution in [1.82, 2.24) is 5.32 Å². The standard InChI is InChI=1S/C23H27ClN2O5/c1-14(25-22(29)31-23(2,3)4)19(27)12-15-8-6-11-18(24)20(15)21(28)26-16-9-7-10-17(13-16)30-5/h6-11,13-14H,12H2,1-5H3,(H,25,29)(H,26,28)/t14-/m0/s1. The maximum atomic E-state index is 12.9. The molecule has 166 valence electrons. The molecule has 0 heterocycles. The third kappa shape index (κ3) is 7.29. The Kier molecular flexibility index (Phi) is 8.05. The maximum absolute atomic E-state index is 12.9. The highest BCUT2D eigenvalue weighted by atomic mass is 35.5. The Balaban J connectivity index is 2.15. The molecular formula is C23H27ClN2O5. The van der Waals surface area contributed by atoms with Crippen LogP contribution in [-0.2, 0) is 16.0 Å². The number of halogens is 1. The van der Waals surface area contributed by atoms with Crippen molar-refractivity contribution in [2.75, 3.05) is 12.4 Å². The van der Waals surface area contributed by atoms with Crippen molar-refractivity contribution in [3.05, 3.63) is 58.6 Å².